The second kappa shape index (κ2) is 5.54. The number of nitrogens with zero attached hydrogens (tertiary/aromatic N) is 1. The third-order valence-corrected chi connectivity index (χ3v) is 4.26. The average Bonchev–Trinajstić information content (AvgIpc) is 2.37. The van der Waals surface area contributed by atoms with Crippen molar-refractivity contribution < 1.29 is 8.42 Å². The molecule has 0 aliphatic heterocycles. The van der Waals surface area contributed by atoms with Crippen molar-refractivity contribution in [3.63, 3.8) is 0 Å². The van der Waals surface area contributed by atoms with Gasteiger partial charge in [-0.15, -0.1) is 0 Å². The minimum absolute atomic E-state index is 0.201. The van der Waals surface area contributed by atoms with Crippen LogP contribution in [0.15, 0.2) is 30.5 Å². The zero-order valence-electron chi connectivity index (χ0n) is 11.7. The molecule has 0 aliphatic carbocycles. The van der Waals surface area contributed by atoms with E-state index in [1.807, 2.05) is 26.0 Å². The number of hydrogen-bond donors (Lipinski definition) is 0. The molecule has 0 aliphatic rings. The normalized spacial score (nSPS) is 10.6. The van der Waals surface area contributed by atoms with E-state index in [9.17, 15) is 13.6 Å². The van der Waals surface area contributed by atoms with E-state index >= 15 is 0 Å². The summed E-state index contributed by atoms with van der Waals surface area (Å²) in [6.07, 6.45) is 1.86. The van der Waals surface area contributed by atoms with Crippen molar-refractivity contribution >= 4 is 10.3 Å². The Morgan fingerprint density at radius 2 is 1.80 bits per heavy atom. The van der Waals surface area contributed by atoms with Crippen LogP contribution in [-0.2, 0) is 16.7 Å². The largest absolute Gasteiger partial charge is 0.805 e. The molecule has 0 saturated heterocycles. The fraction of sp³-hybridized carbons (Fsp3) is 0.267. The topological polar surface area (TPSA) is 62.1 Å². The number of pyridine rings is 1. The summed E-state index contributed by atoms with van der Waals surface area (Å²) >= 11 is 0. The average molecular weight is 290 g/mol. The maximum Gasteiger partial charge on any atom is 0.238 e. The van der Waals surface area contributed by atoms with Crippen LogP contribution in [0, 0.1) is 30.6 Å². The van der Waals surface area contributed by atoms with E-state index in [1.54, 1.807) is 13.0 Å². The zero-order valence-corrected chi connectivity index (χ0v) is 12.5. The molecule has 4 nitrogen and oxygen atoms in total. The molecular formula is C15H16NO3S-. The smallest absolute Gasteiger partial charge is 0.238 e. The summed E-state index contributed by atoms with van der Waals surface area (Å²) in [4.78, 5) is 0. The lowest BCUT2D eigenvalue weighted by atomic mass is 9.97. The van der Waals surface area contributed by atoms with Crippen molar-refractivity contribution in [3.05, 3.63) is 68.1 Å². The van der Waals surface area contributed by atoms with E-state index in [2.05, 4.69) is 6.07 Å². The number of aromatic nitrogens is 1. The highest BCUT2D eigenvalue weighted by Gasteiger charge is 2.06. The van der Waals surface area contributed by atoms with Crippen LogP contribution in [-0.4, -0.2) is 13.1 Å². The summed E-state index contributed by atoms with van der Waals surface area (Å²) < 4.78 is 22.5. The van der Waals surface area contributed by atoms with Crippen LogP contribution in [0.3, 0.4) is 0 Å². The van der Waals surface area contributed by atoms with Gasteiger partial charge in [0.1, 0.15) is 0 Å². The van der Waals surface area contributed by atoms with Crippen molar-refractivity contribution in [1.82, 2.24) is 4.73 Å². The van der Waals surface area contributed by atoms with Gasteiger partial charge in [-0.2, -0.15) is 8.42 Å². The number of benzene rings is 1. The first-order valence-corrected chi connectivity index (χ1v) is 7.34. The van der Waals surface area contributed by atoms with Gasteiger partial charge in [0.15, 0.2) is 4.64 Å². The van der Waals surface area contributed by atoms with E-state index < -0.39 is 10.3 Å². The van der Waals surface area contributed by atoms with Crippen LogP contribution < -0.4 is 0 Å². The van der Waals surface area contributed by atoms with Crippen LogP contribution in [0.4, 0.5) is 0 Å². The van der Waals surface area contributed by atoms with E-state index in [0.29, 0.717) is 16.7 Å². The SMILES string of the molecule is Cc1ccc(C)c(Cc2ccn([O-])c(=S(=O)=O)c2C)c1. The summed E-state index contributed by atoms with van der Waals surface area (Å²) in [6, 6.07) is 7.85. The highest BCUT2D eigenvalue weighted by Crippen LogP contribution is 2.18. The van der Waals surface area contributed by atoms with Gasteiger partial charge in [-0.3, -0.25) is 0 Å². The first-order valence-electron chi connectivity index (χ1n) is 6.27. The molecule has 0 atom stereocenters. The third kappa shape index (κ3) is 2.77. The molecule has 20 heavy (non-hydrogen) atoms. The van der Waals surface area contributed by atoms with Crippen molar-refractivity contribution in [2.24, 2.45) is 0 Å². The number of rotatable bonds is 2. The van der Waals surface area contributed by atoms with Crippen LogP contribution in [0.5, 0.6) is 0 Å². The summed E-state index contributed by atoms with van der Waals surface area (Å²) in [7, 11) is -2.53. The third-order valence-electron chi connectivity index (χ3n) is 3.46. The summed E-state index contributed by atoms with van der Waals surface area (Å²) in [6.45, 7) is 5.71. The quantitative estimate of drug-likeness (QED) is 0.799. The minimum Gasteiger partial charge on any atom is -0.805 e. The van der Waals surface area contributed by atoms with Crippen molar-refractivity contribution in [2.75, 3.05) is 0 Å². The van der Waals surface area contributed by atoms with Gasteiger partial charge in [-0.05, 0) is 61.7 Å². The minimum atomic E-state index is -2.53. The van der Waals surface area contributed by atoms with Gasteiger partial charge in [0, 0.05) is 0 Å². The lowest BCUT2D eigenvalue weighted by Gasteiger charge is -2.15. The van der Waals surface area contributed by atoms with E-state index in [4.69, 9.17) is 0 Å². The molecule has 0 saturated carbocycles. The van der Waals surface area contributed by atoms with Gasteiger partial charge >= 0.3 is 0 Å². The van der Waals surface area contributed by atoms with E-state index in [0.717, 1.165) is 22.3 Å². The summed E-state index contributed by atoms with van der Waals surface area (Å²) in [5, 5.41) is 11.5. The molecule has 0 fully saturated rings. The van der Waals surface area contributed by atoms with Gasteiger partial charge in [0.25, 0.3) is 0 Å². The van der Waals surface area contributed by atoms with Crippen LogP contribution in [0.2, 0.25) is 0 Å². The Morgan fingerprint density at radius 1 is 1.10 bits per heavy atom. The molecule has 5 heteroatoms. The Hall–Kier alpha value is -2.01. The predicted octanol–water partition coefficient (Wildman–Crippen LogP) is 2.76. The molecule has 0 unspecified atom stereocenters. The molecular weight excluding hydrogens is 274 g/mol. The standard InChI is InChI=1S/C15H16NO3S/c1-10-4-5-11(2)14(8-10)9-13-6-7-16(17)15(12(13)3)20(18)19/h4-8H,9H2,1-3H3/q-1. The second-order valence-electron chi connectivity index (χ2n) is 4.94. The van der Waals surface area contributed by atoms with Gasteiger partial charge in [-0.1, -0.05) is 23.8 Å². The van der Waals surface area contributed by atoms with Gasteiger partial charge in [-0.25, -0.2) is 0 Å². The van der Waals surface area contributed by atoms with Gasteiger partial charge < -0.3 is 9.94 Å². The molecule has 0 amide bonds. The fourth-order valence-electron chi connectivity index (χ4n) is 2.24. The molecule has 0 spiro atoms. The molecule has 0 N–H and O–H groups in total. The van der Waals surface area contributed by atoms with Crippen molar-refractivity contribution in [3.8, 4) is 0 Å². The van der Waals surface area contributed by atoms with Crippen molar-refractivity contribution in [2.45, 2.75) is 27.2 Å². The zero-order chi connectivity index (χ0) is 14.9. The predicted molar refractivity (Wildman–Crippen MR) is 78.8 cm³/mol. The highest BCUT2D eigenvalue weighted by molar-refractivity contribution is 7.63. The van der Waals surface area contributed by atoms with Gasteiger partial charge in [0.2, 0.25) is 10.3 Å². The molecule has 0 bridgehead atoms. The molecule has 1 aromatic heterocycles. The maximum atomic E-state index is 11.5. The Labute approximate surface area is 119 Å². The maximum absolute atomic E-state index is 11.5. The van der Waals surface area contributed by atoms with E-state index in [1.165, 1.54) is 6.20 Å². The monoisotopic (exact) mass is 290 g/mol. The Morgan fingerprint density at radius 3 is 2.45 bits per heavy atom. The van der Waals surface area contributed by atoms with E-state index in [-0.39, 0.29) is 4.64 Å². The summed E-state index contributed by atoms with van der Waals surface area (Å²) in [5.41, 5.74) is 4.81. The Balaban J connectivity index is 2.59. The molecule has 2 aromatic rings. The molecule has 1 heterocycles. The highest BCUT2D eigenvalue weighted by atomic mass is 32.2. The van der Waals surface area contributed by atoms with Crippen molar-refractivity contribution in [1.29, 1.82) is 0 Å². The first kappa shape index (κ1) is 14.4. The molecule has 2 rings (SSSR count). The molecule has 0 radical (unpaired) electrons. The lowest BCUT2D eigenvalue weighted by Crippen LogP contribution is -2.02. The van der Waals surface area contributed by atoms with Crippen LogP contribution >= 0.6 is 0 Å². The summed E-state index contributed by atoms with van der Waals surface area (Å²) in [5.74, 6) is 0. The van der Waals surface area contributed by atoms with Crippen LogP contribution in [0.25, 0.3) is 0 Å². The molecule has 1 aromatic carbocycles. The van der Waals surface area contributed by atoms with Crippen LogP contribution in [0.1, 0.15) is 27.8 Å². The number of hydrogen-bond acceptors (Lipinski definition) is 3. The number of aryl methyl sites for hydroxylation is 2. The Bertz CT molecular complexity index is 825. The fourth-order valence-corrected chi connectivity index (χ4v) is 2.83. The van der Waals surface area contributed by atoms with Gasteiger partial charge in [0.05, 0.1) is 0 Å². The Kier molecular flexibility index (Phi) is 3.99. The molecule has 106 valence electrons. The lowest BCUT2D eigenvalue weighted by molar-refractivity contribution is 0.623. The first-order chi connectivity index (χ1) is 9.40. The second-order valence-corrected chi connectivity index (χ2v) is 5.79.